The minimum atomic E-state index is -4.93. The van der Waals surface area contributed by atoms with Gasteiger partial charge in [-0.3, -0.25) is 9.59 Å². The molecule has 2 amide bonds. The zero-order valence-electron chi connectivity index (χ0n) is 13.3. The minimum absolute atomic E-state index is 0.303. The van der Waals surface area contributed by atoms with E-state index in [4.69, 9.17) is 11.6 Å². The summed E-state index contributed by atoms with van der Waals surface area (Å²) < 4.78 is 36.5. The van der Waals surface area contributed by atoms with Crippen LogP contribution in [0.5, 0.6) is 0 Å². The lowest BCUT2D eigenvalue weighted by Gasteiger charge is -2.09. The fourth-order valence-corrected chi connectivity index (χ4v) is 2.10. The SMILES string of the molecule is O=C(/C=C/c1ccc(Cl)cc1)Nc1cccc(CNC(=O)C(F)(F)F)c1. The van der Waals surface area contributed by atoms with E-state index in [1.165, 1.54) is 18.2 Å². The molecule has 0 aliphatic rings. The number of halogens is 4. The third kappa shape index (κ3) is 6.25. The lowest BCUT2D eigenvalue weighted by atomic mass is 10.2. The van der Waals surface area contributed by atoms with E-state index < -0.39 is 18.0 Å². The monoisotopic (exact) mass is 382 g/mol. The minimum Gasteiger partial charge on any atom is -0.344 e. The highest BCUT2D eigenvalue weighted by molar-refractivity contribution is 6.30. The van der Waals surface area contributed by atoms with E-state index in [9.17, 15) is 22.8 Å². The molecule has 2 aromatic rings. The van der Waals surface area contributed by atoms with Gasteiger partial charge in [0.1, 0.15) is 0 Å². The van der Waals surface area contributed by atoms with E-state index >= 15 is 0 Å². The molecule has 26 heavy (non-hydrogen) atoms. The number of nitrogens with one attached hydrogen (secondary N) is 2. The van der Waals surface area contributed by atoms with Crippen LogP contribution in [-0.2, 0) is 16.1 Å². The van der Waals surface area contributed by atoms with Crippen molar-refractivity contribution in [1.82, 2.24) is 5.32 Å². The highest BCUT2D eigenvalue weighted by Gasteiger charge is 2.38. The summed E-state index contributed by atoms with van der Waals surface area (Å²) in [7, 11) is 0. The summed E-state index contributed by atoms with van der Waals surface area (Å²) in [5.41, 5.74) is 1.60. The molecule has 8 heteroatoms. The summed E-state index contributed by atoms with van der Waals surface area (Å²) >= 11 is 5.77. The molecule has 2 N–H and O–H groups in total. The Kier molecular flexibility index (Phi) is 6.41. The van der Waals surface area contributed by atoms with Crippen LogP contribution in [0.4, 0.5) is 18.9 Å². The molecule has 0 saturated carbocycles. The second kappa shape index (κ2) is 8.53. The second-order valence-corrected chi connectivity index (χ2v) is 5.69. The predicted molar refractivity (Wildman–Crippen MR) is 93.5 cm³/mol. The maximum atomic E-state index is 12.2. The number of anilines is 1. The summed E-state index contributed by atoms with van der Waals surface area (Å²) in [5.74, 6) is -2.42. The van der Waals surface area contributed by atoms with Crippen molar-refractivity contribution in [2.45, 2.75) is 12.7 Å². The molecular weight excluding hydrogens is 369 g/mol. The number of rotatable bonds is 5. The molecule has 136 valence electrons. The Balaban J connectivity index is 1.94. The summed E-state index contributed by atoms with van der Waals surface area (Å²) in [6.45, 7) is -0.303. The van der Waals surface area contributed by atoms with Gasteiger partial charge in [0.15, 0.2) is 0 Å². The Morgan fingerprint density at radius 2 is 1.77 bits per heavy atom. The molecule has 0 unspecified atom stereocenters. The van der Waals surface area contributed by atoms with Gasteiger partial charge in [0.25, 0.3) is 0 Å². The lowest BCUT2D eigenvalue weighted by molar-refractivity contribution is -0.173. The van der Waals surface area contributed by atoms with Crippen LogP contribution in [-0.4, -0.2) is 18.0 Å². The largest absolute Gasteiger partial charge is 0.471 e. The Bertz CT molecular complexity index is 818. The third-order valence-electron chi connectivity index (χ3n) is 3.20. The smallest absolute Gasteiger partial charge is 0.344 e. The molecule has 2 aromatic carbocycles. The van der Waals surface area contributed by atoms with Gasteiger partial charge >= 0.3 is 12.1 Å². The predicted octanol–water partition coefficient (Wildman–Crippen LogP) is 4.17. The summed E-state index contributed by atoms with van der Waals surface area (Å²) in [6, 6.07) is 13.0. The van der Waals surface area contributed by atoms with E-state index in [2.05, 4.69) is 5.32 Å². The van der Waals surface area contributed by atoms with Gasteiger partial charge in [-0.05, 0) is 41.5 Å². The van der Waals surface area contributed by atoms with Crippen molar-refractivity contribution in [3.63, 3.8) is 0 Å². The number of alkyl halides is 3. The lowest BCUT2D eigenvalue weighted by Crippen LogP contribution is -2.36. The van der Waals surface area contributed by atoms with Crippen molar-refractivity contribution < 1.29 is 22.8 Å². The molecular formula is C18H14ClF3N2O2. The van der Waals surface area contributed by atoms with Crippen molar-refractivity contribution in [3.05, 3.63) is 70.8 Å². The first-order valence-electron chi connectivity index (χ1n) is 7.42. The molecule has 0 aliphatic carbocycles. The van der Waals surface area contributed by atoms with Crippen LogP contribution in [0.25, 0.3) is 6.08 Å². The van der Waals surface area contributed by atoms with E-state index in [1.54, 1.807) is 47.8 Å². The number of carbonyl (C=O) groups is 2. The maximum absolute atomic E-state index is 12.2. The van der Waals surface area contributed by atoms with Gasteiger partial charge in [-0.25, -0.2) is 0 Å². The number of amides is 2. The topological polar surface area (TPSA) is 58.2 Å². The molecule has 0 aromatic heterocycles. The fraction of sp³-hybridized carbons (Fsp3) is 0.111. The zero-order valence-corrected chi connectivity index (χ0v) is 14.1. The van der Waals surface area contributed by atoms with E-state index in [-0.39, 0.29) is 6.54 Å². The third-order valence-corrected chi connectivity index (χ3v) is 3.45. The summed E-state index contributed by atoms with van der Waals surface area (Å²) in [6.07, 6.45) is -2.02. The summed E-state index contributed by atoms with van der Waals surface area (Å²) in [4.78, 5) is 22.7. The normalized spacial score (nSPS) is 11.4. The molecule has 0 saturated heterocycles. The first-order valence-corrected chi connectivity index (χ1v) is 7.80. The number of carbonyl (C=O) groups excluding carboxylic acids is 2. The van der Waals surface area contributed by atoms with Gasteiger partial charge in [-0.15, -0.1) is 0 Å². The van der Waals surface area contributed by atoms with Gasteiger partial charge in [0.05, 0.1) is 0 Å². The van der Waals surface area contributed by atoms with Crippen molar-refractivity contribution in [3.8, 4) is 0 Å². The van der Waals surface area contributed by atoms with Crippen molar-refractivity contribution >= 4 is 35.2 Å². The average Bonchev–Trinajstić information content (AvgIpc) is 2.58. The Hall–Kier alpha value is -2.80. The van der Waals surface area contributed by atoms with Gasteiger partial charge in [-0.1, -0.05) is 35.9 Å². The fourth-order valence-electron chi connectivity index (χ4n) is 1.97. The molecule has 4 nitrogen and oxygen atoms in total. The molecule has 0 aliphatic heterocycles. The molecule has 0 radical (unpaired) electrons. The van der Waals surface area contributed by atoms with Crippen LogP contribution in [0.2, 0.25) is 5.02 Å². The van der Waals surface area contributed by atoms with E-state index in [0.29, 0.717) is 16.3 Å². The van der Waals surface area contributed by atoms with Gasteiger partial charge < -0.3 is 10.6 Å². The number of benzene rings is 2. The highest BCUT2D eigenvalue weighted by Crippen LogP contribution is 2.16. The molecule has 0 bridgehead atoms. The van der Waals surface area contributed by atoms with Crippen LogP contribution in [0.15, 0.2) is 54.6 Å². The summed E-state index contributed by atoms with van der Waals surface area (Å²) in [5, 5.41) is 4.95. The average molecular weight is 383 g/mol. The first kappa shape index (κ1) is 19.5. The molecule has 0 heterocycles. The number of hydrogen-bond donors (Lipinski definition) is 2. The highest BCUT2D eigenvalue weighted by atomic mass is 35.5. The Morgan fingerprint density at radius 1 is 1.08 bits per heavy atom. The zero-order chi connectivity index (χ0) is 19.2. The van der Waals surface area contributed by atoms with Gasteiger partial charge in [0.2, 0.25) is 5.91 Å². The van der Waals surface area contributed by atoms with E-state index in [1.807, 2.05) is 0 Å². The van der Waals surface area contributed by atoms with Gasteiger partial charge in [0, 0.05) is 23.3 Å². The second-order valence-electron chi connectivity index (χ2n) is 5.25. The van der Waals surface area contributed by atoms with Crippen LogP contribution in [0.1, 0.15) is 11.1 Å². The number of hydrogen-bond acceptors (Lipinski definition) is 2. The van der Waals surface area contributed by atoms with Crippen LogP contribution in [0.3, 0.4) is 0 Å². The molecule has 2 rings (SSSR count). The Morgan fingerprint density at radius 3 is 2.42 bits per heavy atom. The maximum Gasteiger partial charge on any atom is 0.471 e. The van der Waals surface area contributed by atoms with E-state index in [0.717, 1.165) is 5.56 Å². The van der Waals surface area contributed by atoms with Crippen molar-refractivity contribution in [2.75, 3.05) is 5.32 Å². The van der Waals surface area contributed by atoms with Crippen LogP contribution < -0.4 is 10.6 Å². The van der Waals surface area contributed by atoms with Crippen LogP contribution >= 0.6 is 11.6 Å². The van der Waals surface area contributed by atoms with Crippen molar-refractivity contribution in [2.24, 2.45) is 0 Å². The first-order chi connectivity index (χ1) is 12.2. The van der Waals surface area contributed by atoms with Crippen molar-refractivity contribution in [1.29, 1.82) is 0 Å². The Labute approximate surface area is 152 Å². The molecule has 0 spiro atoms. The van der Waals surface area contributed by atoms with Gasteiger partial charge in [-0.2, -0.15) is 13.2 Å². The quantitative estimate of drug-likeness (QED) is 0.762. The molecule has 0 fully saturated rings. The molecule has 0 atom stereocenters. The van der Waals surface area contributed by atoms with Crippen LogP contribution in [0, 0.1) is 0 Å². The standard InChI is InChI=1S/C18H14ClF3N2O2/c19-14-7-4-12(5-8-14)6-9-16(25)24-15-3-1-2-13(10-15)11-23-17(26)18(20,21)22/h1-10H,11H2,(H,23,26)(H,24,25)/b9-6+.